The lowest BCUT2D eigenvalue weighted by Crippen LogP contribution is -2.27. The Balaban J connectivity index is 1.57. The van der Waals surface area contributed by atoms with E-state index in [2.05, 4.69) is 35.6 Å². The molecule has 8 heteroatoms. The minimum Gasteiger partial charge on any atom is -0.490 e. The number of halogens is 2. The number of aryl methyl sites for hydroxylation is 1. The highest BCUT2D eigenvalue weighted by Crippen LogP contribution is 2.38. The van der Waals surface area contributed by atoms with Gasteiger partial charge in [0, 0.05) is 5.02 Å². The van der Waals surface area contributed by atoms with E-state index in [4.69, 9.17) is 21.1 Å². The molecule has 0 aliphatic carbocycles. The van der Waals surface area contributed by atoms with E-state index in [0.717, 1.165) is 37.6 Å². The topological polar surface area (TPSA) is 55.8 Å². The fraction of sp³-hybridized carbons (Fsp3) is 0.185. The Morgan fingerprint density at radius 2 is 1.74 bits per heavy atom. The molecule has 0 atom stereocenters. The summed E-state index contributed by atoms with van der Waals surface area (Å²) in [6, 6.07) is 19.0. The molecule has 1 heterocycles. The van der Waals surface area contributed by atoms with Gasteiger partial charge < -0.3 is 9.47 Å². The molecule has 0 unspecified atom stereocenters. The van der Waals surface area contributed by atoms with Crippen LogP contribution in [0.5, 0.6) is 11.5 Å². The van der Waals surface area contributed by atoms with Gasteiger partial charge in [-0.25, -0.2) is 0 Å². The zero-order valence-corrected chi connectivity index (χ0v) is 22.9. The summed E-state index contributed by atoms with van der Waals surface area (Å²) in [6.45, 7) is 4.98. The number of imide groups is 1. The third-order valence-corrected chi connectivity index (χ3v) is 7.50. The molecular formula is C27H23ClINO4S. The number of benzene rings is 3. The molecule has 0 spiro atoms. The number of ether oxygens (including phenoxy) is 2. The predicted molar refractivity (Wildman–Crippen MR) is 149 cm³/mol. The predicted octanol–water partition coefficient (Wildman–Crippen LogP) is 7.47. The van der Waals surface area contributed by atoms with Gasteiger partial charge in [0.25, 0.3) is 11.1 Å². The summed E-state index contributed by atoms with van der Waals surface area (Å²) < 4.78 is 12.9. The third-order valence-electron chi connectivity index (χ3n) is 5.42. The molecule has 4 rings (SSSR count). The summed E-state index contributed by atoms with van der Waals surface area (Å²) >= 11 is 9.34. The highest BCUT2D eigenvalue weighted by molar-refractivity contribution is 14.1. The first-order valence-electron chi connectivity index (χ1n) is 11.0. The van der Waals surface area contributed by atoms with Crippen LogP contribution in [0.3, 0.4) is 0 Å². The summed E-state index contributed by atoms with van der Waals surface area (Å²) in [4.78, 5) is 27.2. The van der Waals surface area contributed by atoms with E-state index in [1.54, 1.807) is 12.1 Å². The molecule has 1 saturated heterocycles. The van der Waals surface area contributed by atoms with Gasteiger partial charge in [-0.2, -0.15) is 0 Å². The number of amides is 2. The van der Waals surface area contributed by atoms with E-state index in [9.17, 15) is 9.59 Å². The van der Waals surface area contributed by atoms with Gasteiger partial charge in [-0.05, 0) is 94.7 Å². The largest absolute Gasteiger partial charge is 0.490 e. The van der Waals surface area contributed by atoms with Crippen molar-refractivity contribution in [3.63, 3.8) is 0 Å². The van der Waals surface area contributed by atoms with Crippen LogP contribution >= 0.6 is 46.0 Å². The first-order chi connectivity index (χ1) is 16.9. The maximum atomic E-state index is 13.0. The lowest BCUT2D eigenvalue weighted by molar-refractivity contribution is -0.123. The molecule has 180 valence electrons. The van der Waals surface area contributed by atoms with E-state index in [1.165, 1.54) is 4.90 Å². The Kier molecular flexibility index (Phi) is 8.41. The first-order valence-corrected chi connectivity index (χ1v) is 13.3. The molecule has 1 aliphatic rings. The lowest BCUT2D eigenvalue weighted by atomic mass is 10.1. The van der Waals surface area contributed by atoms with E-state index in [1.807, 2.05) is 55.5 Å². The zero-order valence-electron chi connectivity index (χ0n) is 19.2. The molecule has 3 aromatic carbocycles. The average molecular weight is 620 g/mol. The number of rotatable bonds is 8. The minimum atomic E-state index is -0.340. The van der Waals surface area contributed by atoms with E-state index in [-0.39, 0.29) is 17.7 Å². The van der Waals surface area contributed by atoms with Crippen molar-refractivity contribution in [2.45, 2.75) is 27.0 Å². The van der Waals surface area contributed by atoms with Gasteiger partial charge in [-0.1, -0.05) is 54.1 Å². The van der Waals surface area contributed by atoms with Crippen LogP contribution in [0.15, 0.2) is 65.6 Å². The third kappa shape index (κ3) is 6.02. The van der Waals surface area contributed by atoms with E-state index < -0.39 is 0 Å². The summed E-state index contributed by atoms with van der Waals surface area (Å²) in [6.07, 6.45) is 1.72. The standard InChI is InChI=1S/C27H23ClINO4S/c1-3-33-23-13-18(12-22(29)25(23)34-16-20-10-5-4-8-17(20)2)14-24-26(31)30(27(32)35-24)15-19-9-6-7-11-21(19)28/h4-14H,3,15-16H2,1-2H3/b24-14-. The maximum Gasteiger partial charge on any atom is 0.293 e. The van der Waals surface area contributed by atoms with Gasteiger partial charge in [-0.15, -0.1) is 0 Å². The summed E-state index contributed by atoms with van der Waals surface area (Å²) in [5.41, 5.74) is 3.73. The van der Waals surface area contributed by atoms with Crippen LogP contribution in [0, 0.1) is 10.5 Å². The zero-order chi connectivity index (χ0) is 24.9. The Bertz CT molecular complexity index is 1310. The molecule has 1 aliphatic heterocycles. The number of hydrogen-bond acceptors (Lipinski definition) is 5. The Hall–Kier alpha value is -2.49. The van der Waals surface area contributed by atoms with Crippen molar-refractivity contribution in [2.24, 2.45) is 0 Å². The molecule has 2 amide bonds. The van der Waals surface area contributed by atoms with Crippen LogP contribution in [-0.4, -0.2) is 22.7 Å². The van der Waals surface area contributed by atoms with Gasteiger partial charge in [0.15, 0.2) is 11.5 Å². The normalized spacial score (nSPS) is 14.6. The smallest absolute Gasteiger partial charge is 0.293 e. The molecular weight excluding hydrogens is 597 g/mol. The molecule has 0 saturated carbocycles. The molecule has 0 bridgehead atoms. The van der Waals surface area contributed by atoms with Crippen LogP contribution in [0.2, 0.25) is 5.02 Å². The minimum absolute atomic E-state index is 0.134. The van der Waals surface area contributed by atoms with Gasteiger partial charge in [0.05, 0.1) is 21.6 Å². The van der Waals surface area contributed by atoms with Crippen molar-refractivity contribution in [1.82, 2.24) is 4.90 Å². The van der Waals surface area contributed by atoms with Crippen molar-refractivity contribution in [3.8, 4) is 11.5 Å². The monoisotopic (exact) mass is 619 g/mol. The molecule has 0 radical (unpaired) electrons. The summed E-state index contributed by atoms with van der Waals surface area (Å²) in [5.74, 6) is 0.905. The number of carbonyl (C=O) groups is 2. The molecule has 0 N–H and O–H groups in total. The Morgan fingerprint density at radius 3 is 2.46 bits per heavy atom. The second-order valence-corrected chi connectivity index (χ2v) is 10.4. The Labute approximate surface area is 227 Å². The van der Waals surface area contributed by atoms with Crippen molar-refractivity contribution in [1.29, 1.82) is 0 Å². The fourth-order valence-electron chi connectivity index (χ4n) is 3.58. The molecule has 0 aromatic heterocycles. The van der Waals surface area contributed by atoms with Gasteiger partial charge in [0.1, 0.15) is 6.61 Å². The van der Waals surface area contributed by atoms with Crippen molar-refractivity contribution >= 4 is 63.2 Å². The highest BCUT2D eigenvalue weighted by Gasteiger charge is 2.35. The molecule has 1 fully saturated rings. The lowest BCUT2D eigenvalue weighted by Gasteiger charge is -2.16. The summed E-state index contributed by atoms with van der Waals surface area (Å²) in [7, 11) is 0. The van der Waals surface area contributed by atoms with Crippen molar-refractivity contribution in [2.75, 3.05) is 6.61 Å². The second-order valence-electron chi connectivity index (χ2n) is 7.84. The van der Waals surface area contributed by atoms with Crippen LogP contribution in [0.25, 0.3) is 6.08 Å². The molecule has 3 aromatic rings. The van der Waals surface area contributed by atoms with Gasteiger partial charge in [0.2, 0.25) is 0 Å². The van der Waals surface area contributed by atoms with Gasteiger partial charge >= 0.3 is 0 Å². The number of nitrogens with zero attached hydrogens (tertiary/aromatic N) is 1. The number of hydrogen-bond donors (Lipinski definition) is 0. The van der Waals surface area contributed by atoms with E-state index >= 15 is 0 Å². The fourth-order valence-corrected chi connectivity index (χ4v) is 5.40. The number of thioether (sulfide) groups is 1. The van der Waals surface area contributed by atoms with Crippen molar-refractivity contribution in [3.05, 3.63) is 96.4 Å². The van der Waals surface area contributed by atoms with E-state index in [0.29, 0.717) is 34.6 Å². The quantitative estimate of drug-likeness (QED) is 0.193. The maximum absolute atomic E-state index is 13.0. The van der Waals surface area contributed by atoms with Crippen LogP contribution in [-0.2, 0) is 17.9 Å². The van der Waals surface area contributed by atoms with Crippen LogP contribution in [0.4, 0.5) is 4.79 Å². The van der Waals surface area contributed by atoms with Crippen LogP contribution in [0.1, 0.15) is 29.2 Å². The van der Waals surface area contributed by atoms with Gasteiger partial charge in [-0.3, -0.25) is 14.5 Å². The van der Waals surface area contributed by atoms with Crippen molar-refractivity contribution < 1.29 is 19.1 Å². The molecule has 35 heavy (non-hydrogen) atoms. The van der Waals surface area contributed by atoms with Crippen LogP contribution < -0.4 is 9.47 Å². The Morgan fingerprint density at radius 1 is 1.03 bits per heavy atom. The second kappa shape index (κ2) is 11.5. The average Bonchev–Trinajstić information content (AvgIpc) is 3.08. The molecule has 5 nitrogen and oxygen atoms in total. The summed E-state index contributed by atoms with van der Waals surface area (Å²) in [5, 5.41) is 0.201. The highest BCUT2D eigenvalue weighted by atomic mass is 127. The number of carbonyl (C=O) groups excluding carboxylic acids is 2. The first kappa shape index (κ1) is 25.6. The SMILES string of the molecule is CCOc1cc(/C=C2\SC(=O)N(Cc3ccccc3Cl)C2=O)cc(I)c1OCc1ccccc1C.